The standard InChI is InChI=1S/C19H17NO4/c1-23-18(22)12-20-17(21)11-10-15-8-5-9-16(19(15)20)24-13-14-6-3-2-4-7-14/h2-11H,12-13H2,1H3. The van der Waals surface area contributed by atoms with Gasteiger partial charge in [0.2, 0.25) is 0 Å². The number of rotatable bonds is 5. The normalized spacial score (nSPS) is 10.5. The van der Waals surface area contributed by atoms with E-state index in [1.807, 2.05) is 42.5 Å². The SMILES string of the molecule is COC(=O)Cn1c(=O)ccc2cccc(OCc3ccccc3)c21. The van der Waals surface area contributed by atoms with E-state index in [1.54, 1.807) is 12.1 Å². The first-order valence-corrected chi connectivity index (χ1v) is 7.55. The van der Waals surface area contributed by atoms with E-state index in [9.17, 15) is 9.59 Å². The predicted octanol–water partition coefficient (Wildman–Crippen LogP) is 2.75. The highest BCUT2D eigenvalue weighted by molar-refractivity contribution is 5.86. The van der Waals surface area contributed by atoms with Gasteiger partial charge in [-0.1, -0.05) is 42.5 Å². The van der Waals surface area contributed by atoms with Crippen LogP contribution in [0.5, 0.6) is 5.75 Å². The second-order valence-electron chi connectivity index (χ2n) is 5.30. The number of carbonyl (C=O) groups is 1. The van der Waals surface area contributed by atoms with Crippen LogP contribution < -0.4 is 10.3 Å². The molecule has 0 atom stereocenters. The Balaban J connectivity index is 2.02. The fourth-order valence-corrected chi connectivity index (χ4v) is 2.53. The quantitative estimate of drug-likeness (QED) is 0.678. The fourth-order valence-electron chi connectivity index (χ4n) is 2.53. The topological polar surface area (TPSA) is 57.5 Å². The van der Waals surface area contributed by atoms with E-state index < -0.39 is 5.97 Å². The third-order valence-electron chi connectivity index (χ3n) is 3.72. The smallest absolute Gasteiger partial charge is 0.325 e. The minimum Gasteiger partial charge on any atom is -0.487 e. The van der Waals surface area contributed by atoms with Crippen molar-refractivity contribution in [2.75, 3.05) is 7.11 Å². The molecule has 3 aromatic rings. The highest BCUT2D eigenvalue weighted by Gasteiger charge is 2.12. The van der Waals surface area contributed by atoms with Gasteiger partial charge in [0.1, 0.15) is 18.9 Å². The fraction of sp³-hybridized carbons (Fsp3) is 0.158. The van der Waals surface area contributed by atoms with Gasteiger partial charge in [0.25, 0.3) is 5.56 Å². The molecule has 122 valence electrons. The van der Waals surface area contributed by atoms with Crippen LogP contribution >= 0.6 is 0 Å². The Morgan fingerprint density at radius 3 is 2.54 bits per heavy atom. The van der Waals surface area contributed by atoms with Crippen molar-refractivity contribution in [2.45, 2.75) is 13.2 Å². The number of hydrogen-bond donors (Lipinski definition) is 0. The first-order chi connectivity index (χ1) is 11.7. The van der Waals surface area contributed by atoms with Crippen molar-refractivity contribution in [2.24, 2.45) is 0 Å². The monoisotopic (exact) mass is 323 g/mol. The Morgan fingerprint density at radius 2 is 1.79 bits per heavy atom. The molecule has 1 aromatic heterocycles. The van der Waals surface area contributed by atoms with Gasteiger partial charge in [-0.15, -0.1) is 0 Å². The molecule has 0 N–H and O–H groups in total. The maximum Gasteiger partial charge on any atom is 0.325 e. The van der Waals surface area contributed by atoms with Gasteiger partial charge >= 0.3 is 5.97 Å². The van der Waals surface area contributed by atoms with Gasteiger partial charge in [-0.25, -0.2) is 0 Å². The molecular weight excluding hydrogens is 306 g/mol. The third-order valence-corrected chi connectivity index (χ3v) is 3.72. The number of pyridine rings is 1. The molecule has 0 spiro atoms. The third kappa shape index (κ3) is 3.30. The van der Waals surface area contributed by atoms with Crippen LogP contribution in [0.15, 0.2) is 65.5 Å². The van der Waals surface area contributed by atoms with Gasteiger partial charge in [-0.3, -0.25) is 14.2 Å². The molecular formula is C19H17NO4. The van der Waals surface area contributed by atoms with Gasteiger partial charge in [0, 0.05) is 11.5 Å². The molecule has 0 saturated carbocycles. The molecule has 5 heteroatoms. The van der Waals surface area contributed by atoms with E-state index in [2.05, 4.69) is 4.74 Å². The predicted molar refractivity (Wildman–Crippen MR) is 91.0 cm³/mol. The lowest BCUT2D eigenvalue weighted by molar-refractivity contribution is -0.141. The van der Waals surface area contributed by atoms with E-state index >= 15 is 0 Å². The summed E-state index contributed by atoms with van der Waals surface area (Å²) in [6.07, 6.45) is 0. The molecule has 0 amide bonds. The van der Waals surface area contributed by atoms with E-state index in [-0.39, 0.29) is 12.1 Å². The van der Waals surface area contributed by atoms with E-state index in [0.29, 0.717) is 17.9 Å². The van der Waals surface area contributed by atoms with Crippen molar-refractivity contribution < 1.29 is 14.3 Å². The minimum atomic E-state index is -0.484. The van der Waals surface area contributed by atoms with Gasteiger partial charge in [0.15, 0.2) is 0 Å². The largest absolute Gasteiger partial charge is 0.487 e. The van der Waals surface area contributed by atoms with Crippen molar-refractivity contribution in [3.63, 3.8) is 0 Å². The first kappa shape index (κ1) is 15.8. The van der Waals surface area contributed by atoms with E-state index in [0.717, 1.165) is 10.9 Å². The van der Waals surface area contributed by atoms with Crippen LogP contribution in [-0.2, 0) is 22.7 Å². The van der Waals surface area contributed by atoms with Crippen LogP contribution in [0, 0.1) is 0 Å². The summed E-state index contributed by atoms with van der Waals surface area (Å²) >= 11 is 0. The number of fused-ring (bicyclic) bond motifs is 1. The number of methoxy groups -OCH3 is 1. The zero-order valence-corrected chi connectivity index (χ0v) is 13.3. The second kappa shape index (κ2) is 7.00. The van der Waals surface area contributed by atoms with Crippen LogP contribution in [0.3, 0.4) is 0 Å². The number of nitrogens with zero attached hydrogens (tertiary/aromatic N) is 1. The number of para-hydroxylation sites is 1. The van der Waals surface area contributed by atoms with Crippen LogP contribution in [0.2, 0.25) is 0 Å². The summed E-state index contributed by atoms with van der Waals surface area (Å²) < 4.78 is 12.0. The molecule has 5 nitrogen and oxygen atoms in total. The maximum atomic E-state index is 12.2. The van der Waals surface area contributed by atoms with Gasteiger partial charge in [0.05, 0.1) is 12.6 Å². The average molecular weight is 323 g/mol. The number of esters is 1. The van der Waals surface area contributed by atoms with Crippen molar-refractivity contribution in [1.82, 2.24) is 4.57 Å². The highest BCUT2D eigenvalue weighted by atomic mass is 16.5. The molecule has 0 aliphatic rings. The lowest BCUT2D eigenvalue weighted by Gasteiger charge is -2.14. The van der Waals surface area contributed by atoms with Crippen LogP contribution in [0.25, 0.3) is 10.9 Å². The maximum absolute atomic E-state index is 12.2. The molecule has 0 radical (unpaired) electrons. The molecule has 1 heterocycles. The summed E-state index contributed by atoms with van der Waals surface area (Å²) in [5, 5.41) is 0.823. The molecule has 0 saturated heterocycles. The van der Waals surface area contributed by atoms with Gasteiger partial charge < -0.3 is 9.47 Å². The molecule has 0 unspecified atom stereocenters. The molecule has 0 fully saturated rings. The number of benzene rings is 2. The van der Waals surface area contributed by atoms with Crippen LogP contribution in [0.4, 0.5) is 0 Å². The van der Waals surface area contributed by atoms with E-state index in [1.165, 1.54) is 17.7 Å². The van der Waals surface area contributed by atoms with Crippen molar-refractivity contribution >= 4 is 16.9 Å². The summed E-state index contributed by atoms with van der Waals surface area (Å²) in [5.74, 6) is 0.0698. The minimum absolute atomic E-state index is 0.154. The second-order valence-corrected chi connectivity index (χ2v) is 5.30. The summed E-state index contributed by atoms with van der Waals surface area (Å²) in [5.41, 5.74) is 1.34. The Labute approximate surface area is 139 Å². The summed E-state index contributed by atoms with van der Waals surface area (Å²) in [7, 11) is 1.30. The van der Waals surface area contributed by atoms with Crippen LogP contribution in [0.1, 0.15) is 5.56 Å². The Hall–Kier alpha value is -3.08. The number of aromatic nitrogens is 1. The first-order valence-electron chi connectivity index (χ1n) is 7.55. The number of hydrogen-bond acceptors (Lipinski definition) is 4. The van der Waals surface area contributed by atoms with Crippen molar-refractivity contribution in [1.29, 1.82) is 0 Å². The molecule has 0 bridgehead atoms. The van der Waals surface area contributed by atoms with Crippen molar-refractivity contribution in [3.05, 3.63) is 76.6 Å². The Kier molecular flexibility index (Phi) is 4.61. The molecule has 0 aliphatic heterocycles. The summed E-state index contributed by atoms with van der Waals surface area (Å²) in [6.45, 7) is 0.222. The lowest BCUT2D eigenvalue weighted by atomic mass is 10.2. The van der Waals surface area contributed by atoms with Gasteiger partial charge in [-0.05, 0) is 17.7 Å². The lowest BCUT2D eigenvalue weighted by Crippen LogP contribution is -2.24. The zero-order chi connectivity index (χ0) is 16.9. The van der Waals surface area contributed by atoms with Crippen molar-refractivity contribution in [3.8, 4) is 5.75 Å². The van der Waals surface area contributed by atoms with Crippen LogP contribution in [-0.4, -0.2) is 17.6 Å². The molecule has 0 aliphatic carbocycles. The van der Waals surface area contributed by atoms with E-state index in [4.69, 9.17) is 4.74 Å². The molecule has 24 heavy (non-hydrogen) atoms. The Bertz CT molecular complexity index is 916. The molecule has 3 rings (SSSR count). The van der Waals surface area contributed by atoms with Gasteiger partial charge in [-0.2, -0.15) is 0 Å². The number of carbonyl (C=O) groups excluding carboxylic acids is 1. The average Bonchev–Trinajstić information content (AvgIpc) is 2.63. The zero-order valence-electron chi connectivity index (χ0n) is 13.3. The summed E-state index contributed by atoms with van der Waals surface area (Å²) in [4.78, 5) is 23.9. The number of ether oxygens (including phenoxy) is 2. The molecule has 2 aromatic carbocycles. The highest BCUT2D eigenvalue weighted by Crippen LogP contribution is 2.25. The summed E-state index contributed by atoms with van der Waals surface area (Å²) in [6, 6.07) is 18.4. The Morgan fingerprint density at radius 1 is 1.00 bits per heavy atom.